The number of thioether (sulfide) groups is 1. The SMILES string of the molecule is O=C1CCCN1CSc1nnc(-c2ccc(Cl)cc2)n1-c1ccccc1. The molecule has 0 aliphatic carbocycles. The van der Waals surface area contributed by atoms with E-state index >= 15 is 0 Å². The van der Waals surface area contributed by atoms with Gasteiger partial charge in [0.25, 0.3) is 0 Å². The van der Waals surface area contributed by atoms with Crippen molar-refractivity contribution in [3.8, 4) is 17.1 Å². The molecule has 1 amide bonds. The fraction of sp³-hybridized carbons (Fsp3) is 0.211. The maximum absolute atomic E-state index is 11.9. The Kier molecular flexibility index (Phi) is 4.95. The molecule has 7 heteroatoms. The largest absolute Gasteiger partial charge is 0.333 e. The smallest absolute Gasteiger partial charge is 0.223 e. The number of nitrogens with zero attached hydrogens (tertiary/aromatic N) is 4. The monoisotopic (exact) mass is 384 g/mol. The summed E-state index contributed by atoms with van der Waals surface area (Å²) in [6.07, 6.45) is 1.57. The first-order valence-electron chi connectivity index (χ1n) is 8.40. The number of aromatic nitrogens is 3. The summed E-state index contributed by atoms with van der Waals surface area (Å²) in [4.78, 5) is 13.7. The third-order valence-corrected chi connectivity index (χ3v) is 5.49. The zero-order chi connectivity index (χ0) is 17.9. The number of hydrogen-bond donors (Lipinski definition) is 0. The molecule has 0 atom stereocenters. The molecule has 0 spiro atoms. The van der Waals surface area contributed by atoms with Gasteiger partial charge in [-0.3, -0.25) is 9.36 Å². The summed E-state index contributed by atoms with van der Waals surface area (Å²) >= 11 is 7.54. The molecule has 1 fully saturated rings. The van der Waals surface area contributed by atoms with Crippen molar-refractivity contribution >= 4 is 29.3 Å². The number of carbonyl (C=O) groups is 1. The highest BCUT2D eigenvalue weighted by Crippen LogP contribution is 2.29. The highest BCUT2D eigenvalue weighted by atomic mass is 35.5. The van der Waals surface area contributed by atoms with Gasteiger partial charge in [0.05, 0.1) is 5.88 Å². The fourth-order valence-electron chi connectivity index (χ4n) is 2.94. The lowest BCUT2D eigenvalue weighted by Crippen LogP contribution is -2.24. The van der Waals surface area contributed by atoms with Crippen LogP contribution in [0.2, 0.25) is 5.02 Å². The standard InChI is InChI=1S/C19H17ClN4OS/c20-15-10-8-14(9-11-15)18-21-22-19(24(18)16-5-2-1-3-6-16)26-13-23-12-4-7-17(23)25/h1-3,5-6,8-11H,4,7,12-13H2. The predicted molar refractivity (Wildman–Crippen MR) is 103 cm³/mol. The van der Waals surface area contributed by atoms with E-state index in [2.05, 4.69) is 10.2 Å². The predicted octanol–water partition coefficient (Wildman–Crippen LogP) is 4.26. The Balaban J connectivity index is 1.70. The van der Waals surface area contributed by atoms with Crippen LogP contribution in [0.25, 0.3) is 17.1 Å². The van der Waals surface area contributed by atoms with Crippen molar-refractivity contribution in [2.45, 2.75) is 18.0 Å². The van der Waals surface area contributed by atoms with Crippen LogP contribution in [0.1, 0.15) is 12.8 Å². The second-order valence-corrected chi connectivity index (χ2v) is 7.37. The van der Waals surface area contributed by atoms with Gasteiger partial charge in [-0.05, 0) is 42.8 Å². The van der Waals surface area contributed by atoms with E-state index in [0.717, 1.165) is 35.2 Å². The van der Waals surface area contributed by atoms with Gasteiger partial charge >= 0.3 is 0 Å². The second-order valence-electron chi connectivity index (χ2n) is 6.02. The van der Waals surface area contributed by atoms with Crippen molar-refractivity contribution < 1.29 is 4.79 Å². The van der Waals surface area contributed by atoms with Gasteiger partial charge in [0, 0.05) is 29.2 Å². The van der Waals surface area contributed by atoms with Crippen molar-refractivity contribution in [2.24, 2.45) is 0 Å². The number of benzene rings is 2. The quantitative estimate of drug-likeness (QED) is 0.617. The highest BCUT2D eigenvalue weighted by Gasteiger charge is 2.22. The number of para-hydroxylation sites is 1. The lowest BCUT2D eigenvalue weighted by molar-refractivity contribution is -0.126. The summed E-state index contributed by atoms with van der Waals surface area (Å²) in [5.74, 6) is 1.55. The lowest BCUT2D eigenvalue weighted by atomic mass is 10.2. The van der Waals surface area contributed by atoms with Crippen molar-refractivity contribution in [3.05, 3.63) is 59.6 Å². The number of hydrogen-bond acceptors (Lipinski definition) is 4. The van der Waals surface area contributed by atoms with Crippen LogP contribution < -0.4 is 0 Å². The third kappa shape index (κ3) is 3.48. The molecule has 0 unspecified atom stereocenters. The minimum Gasteiger partial charge on any atom is -0.333 e. The fourth-order valence-corrected chi connectivity index (χ4v) is 4.03. The summed E-state index contributed by atoms with van der Waals surface area (Å²) < 4.78 is 2.02. The first-order valence-corrected chi connectivity index (χ1v) is 9.76. The number of amides is 1. The Morgan fingerprint density at radius 2 is 1.81 bits per heavy atom. The lowest BCUT2D eigenvalue weighted by Gasteiger charge is -2.15. The summed E-state index contributed by atoms with van der Waals surface area (Å²) in [5.41, 5.74) is 1.92. The van der Waals surface area contributed by atoms with Crippen LogP contribution >= 0.6 is 23.4 Å². The van der Waals surface area contributed by atoms with Crippen molar-refractivity contribution in [3.63, 3.8) is 0 Å². The molecule has 2 heterocycles. The van der Waals surface area contributed by atoms with E-state index in [9.17, 15) is 4.79 Å². The minimum atomic E-state index is 0.209. The molecule has 1 aliphatic rings. The Hall–Kier alpha value is -2.31. The Morgan fingerprint density at radius 3 is 2.50 bits per heavy atom. The molecule has 5 nitrogen and oxygen atoms in total. The van der Waals surface area contributed by atoms with Crippen LogP contribution in [-0.2, 0) is 4.79 Å². The molecule has 3 aromatic rings. The molecule has 1 saturated heterocycles. The van der Waals surface area contributed by atoms with Crippen LogP contribution in [0.3, 0.4) is 0 Å². The van der Waals surface area contributed by atoms with Crippen LogP contribution in [0.15, 0.2) is 59.8 Å². The van der Waals surface area contributed by atoms with Gasteiger partial charge in [-0.15, -0.1) is 10.2 Å². The number of rotatable bonds is 5. The topological polar surface area (TPSA) is 51.0 Å². The Bertz CT molecular complexity index is 911. The molecule has 132 valence electrons. The van der Waals surface area contributed by atoms with E-state index in [1.54, 1.807) is 0 Å². The highest BCUT2D eigenvalue weighted by molar-refractivity contribution is 7.99. The molecule has 0 N–H and O–H groups in total. The van der Waals surface area contributed by atoms with E-state index in [4.69, 9.17) is 11.6 Å². The van der Waals surface area contributed by atoms with Crippen molar-refractivity contribution in [2.75, 3.05) is 12.4 Å². The first-order chi connectivity index (χ1) is 12.7. The van der Waals surface area contributed by atoms with E-state index in [1.165, 1.54) is 11.8 Å². The molecule has 2 aromatic carbocycles. The van der Waals surface area contributed by atoms with E-state index in [1.807, 2.05) is 64.1 Å². The molecule has 0 radical (unpaired) electrons. The Morgan fingerprint density at radius 1 is 1.04 bits per heavy atom. The molecular formula is C19H17ClN4OS. The summed E-state index contributed by atoms with van der Waals surface area (Å²) in [6, 6.07) is 17.5. The van der Waals surface area contributed by atoms with Gasteiger partial charge in [-0.25, -0.2) is 0 Å². The van der Waals surface area contributed by atoms with E-state index in [-0.39, 0.29) is 5.91 Å². The second kappa shape index (κ2) is 7.51. The molecule has 0 saturated carbocycles. The Labute approximate surface area is 161 Å². The van der Waals surface area contributed by atoms with Gasteiger partial charge in [0.1, 0.15) is 0 Å². The first kappa shape index (κ1) is 17.1. The van der Waals surface area contributed by atoms with Gasteiger partial charge in [0.2, 0.25) is 5.91 Å². The summed E-state index contributed by atoms with van der Waals surface area (Å²) in [5, 5.41) is 10.2. The number of halogens is 1. The summed E-state index contributed by atoms with van der Waals surface area (Å²) in [7, 11) is 0. The summed E-state index contributed by atoms with van der Waals surface area (Å²) in [6.45, 7) is 0.815. The van der Waals surface area contributed by atoms with Gasteiger partial charge in [-0.2, -0.15) is 0 Å². The van der Waals surface area contributed by atoms with Crippen LogP contribution in [-0.4, -0.2) is 38.0 Å². The van der Waals surface area contributed by atoms with Crippen LogP contribution in [0, 0.1) is 0 Å². The average Bonchev–Trinajstić information content (AvgIpc) is 3.27. The van der Waals surface area contributed by atoms with Crippen molar-refractivity contribution in [1.82, 2.24) is 19.7 Å². The zero-order valence-electron chi connectivity index (χ0n) is 14.0. The van der Waals surface area contributed by atoms with Gasteiger partial charge in [0.15, 0.2) is 11.0 Å². The molecule has 4 rings (SSSR count). The van der Waals surface area contributed by atoms with Crippen molar-refractivity contribution in [1.29, 1.82) is 0 Å². The van der Waals surface area contributed by atoms with Crippen LogP contribution in [0.4, 0.5) is 0 Å². The minimum absolute atomic E-state index is 0.209. The number of likely N-dealkylation sites (tertiary alicyclic amines) is 1. The van der Waals surface area contributed by atoms with E-state index < -0.39 is 0 Å². The normalized spacial score (nSPS) is 14.2. The number of carbonyl (C=O) groups excluding carboxylic acids is 1. The molecular weight excluding hydrogens is 368 g/mol. The maximum Gasteiger partial charge on any atom is 0.223 e. The molecule has 1 aliphatic heterocycles. The van der Waals surface area contributed by atoms with Crippen LogP contribution in [0.5, 0.6) is 0 Å². The van der Waals surface area contributed by atoms with E-state index in [0.29, 0.717) is 17.3 Å². The van der Waals surface area contributed by atoms with Gasteiger partial charge in [-0.1, -0.05) is 41.6 Å². The third-order valence-electron chi connectivity index (χ3n) is 4.27. The van der Waals surface area contributed by atoms with Gasteiger partial charge < -0.3 is 4.90 Å². The molecule has 0 bridgehead atoms. The molecule has 26 heavy (non-hydrogen) atoms. The molecule has 1 aromatic heterocycles. The maximum atomic E-state index is 11.9. The average molecular weight is 385 g/mol. The zero-order valence-corrected chi connectivity index (χ0v) is 15.6.